The van der Waals surface area contributed by atoms with Gasteiger partial charge in [-0.1, -0.05) is 48.9 Å². The van der Waals surface area contributed by atoms with Crippen molar-refractivity contribution in [2.45, 2.75) is 43.2 Å². The van der Waals surface area contributed by atoms with E-state index in [1.807, 2.05) is 18.2 Å². The quantitative estimate of drug-likeness (QED) is 0.223. The van der Waals surface area contributed by atoms with Crippen molar-refractivity contribution < 1.29 is 34.4 Å². The van der Waals surface area contributed by atoms with Gasteiger partial charge in [-0.2, -0.15) is 0 Å². The number of rotatable bonds is 7. The molecular formula is C35H37NO7. The summed E-state index contributed by atoms with van der Waals surface area (Å²) >= 11 is 0. The van der Waals surface area contributed by atoms with Crippen molar-refractivity contribution in [1.29, 1.82) is 0 Å². The smallest absolute Gasteiger partial charge is 0.164 e. The first-order valence-corrected chi connectivity index (χ1v) is 14.8. The lowest BCUT2D eigenvalue weighted by Crippen LogP contribution is -2.55. The topological polar surface area (TPSA) is 117 Å². The fourth-order valence-electron chi connectivity index (χ4n) is 7.95. The van der Waals surface area contributed by atoms with Crippen LogP contribution in [0.3, 0.4) is 0 Å². The molecule has 8 heteroatoms. The van der Waals surface area contributed by atoms with Crippen LogP contribution in [-0.4, -0.2) is 64.1 Å². The van der Waals surface area contributed by atoms with Gasteiger partial charge in [0.1, 0.15) is 5.76 Å². The summed E-state index contributed by atoms with van der Waals surface area (Å²) in [5.74, 6) is -1.05. The molecule has 0 bridgehead atoms. The fraction of sp³-hybridized carbons (Fsp3) is 0.371. The molecule has 43 heavy (non-hydrogen) atoms. The number of methoxy groups -OCH3 is 2. The van der Waals surface area contributed by atoms with Gasteiger partial charge in [-0.05, 0) is 73.2 Å². The highest BCUT2D eigenvalue weighted by Crippen LogP contribution is 2.60. The molecule has 224 valence electrons. The molecule has 5 unspecified atom stereocenters. The molecule has 0 aromatic heterocycles. The Balaban J connectivity index is 1.42. The van der Waals surface area contributed by atoms with Crippen LogP contribution in [0.25, 0.3) is 6.08 Å². The number of carbonyl (C=O) groups is 2. The highest BCUT2D eigenvalue weighted by molar-refractivity contribution is 6.01. The molecule has 0 amide bonds. The highest BCUT2D eigenvalue weighted by Gasteiger charge is 2.68. The van der Waals surface area contributed by atoms with Crippen molar-refractivity contribution in [2.75, 3.05) is 20.8 Å². The van der Waals surface area contributed by atoms with E-state index in [0.717, 1.165) is 31.4 Å². The van der Waals surface area contributed by atoms with Crippen molar-refractivity contribution in [3.05, 3.63) is 89.7 Å². The van der Waals surface area contributed by atoms with Crippen molar-refractivity contribution in [3.8, 4) is 23.0 Å². The highest BCUT2D eigenvalue weighted by atomic mass is 16.5. The number of nitrogens with zero attached hydrogens (tertiary/aromatic N) is 1. The third kappa shape index (κ3) is 4.83. The third-order valence-corrected chi connectivity index (χ3v) is 9.71. The van der Waals surface area contributed by atoms with Gasteiger partial charge in [0.25, 0.3) is 0 Å². The maximum Gasteiger partial charge on any atom is 0.164 e. The SMILES string of the molecule is COc1ccc(/C=C/C(O)=C/C(=O)C2C3CCCCN3[C@]3(CC4C=CC=CC4C3=O)C2c2ccc(O)c(OC)c2)cc1O. The number of phenols is 2. The molecule has 8 nitrogen and oxygen atoms in total. The summed E-state index contributed by atoms with van der Waals surface area (Å²) < 4.78 is 10.5. The third-order valence-electron chi connectivity index (χ3n) is 9.71. The average molecular weight is 584 g/mol. The molecule has 2 saturated heterocycles. The van der Waals surface area contributed by atoms with Gasteiger partial charge in [0.15, 0.2) is 34.6 Å². The molecule has 2 aliphatic heterocycles. The van der Waals surface area contributed by atoms with Gasteiger partial charge in [-0.15, -0.1) is 0 Å². The molecule has 6 rings (SSSR count). The average Bonchev–Trinajstić information content (AvgIpc) is 3.48. The molecule has 2 aromatic rings. The summed E-state index contributed by atoms with van der Waals surface area (Å²) in [6, 6.07) is 9.79. The van der Waals surface area contributed by atoms with Crippen LogP contribution in [0.15, 0.2) is 78.6 Å². The van der Waals surface area contributed by atoms with Crippen LogP contribution in [0.5, 0.6) is 23.0 Å². The van der Waals surface area contributed by atoms with E-state index < -0.39 is 17.4 Å². The lowest BCUT2D eigenvalue weighted by Gasteiger charge is -2.42. The maximum atomic E-state index is 14.5. The number of aliphatic hydroxyl groups excluding tert-OH is 1. The zero-order valence-corrected chi connectivity index (χ0v) is 24.3. The standard InChI is InChI=1S/C35H37NO7/c1-42-30-15-11-21(17-28(30)39)10-13-24(37)19-29(40)32-26-9-5-6-16-36(26)35(20-23-7-3-4-8-25(23)34(35)41)33(32)22-12-14-27(38)31(18-22)43-2/h3-4,7-8,10-15,17-19,23,25-26,32-33,37-39H,5-6,9,16,20H2,1-2H3/b13-10+,24-19-/t23?,25?,26?,32?,33?,35-/m1/s1. The first-order chi connectivity index (χ1) is 20.8. The van der Waals surface area contributed by atoms with Crippen LogP contribution in [-0.2, 0) is 9.59 Å². The van der Waals surface area contributed by atoms with Crippen LogP contribution in [0.2, 0.25) is 0 Å². The van der Waals surface area contributed by atoms with E-state index in [0.29, 0.717) is 17.7 Å². The second kappa shape index (κ2) is 11.4. The van der Waals surface area contributed by atoms with Gasteiger partial charge in [-0.25, -0.2) is 0 Å². The fourth-order valence-corrected chi connectivity index (χ4v) is 7.95. The van der Waals surface area contributed by atoms with E-state index in [9.17, 15) is 24.9 Å². The molecule has 3 fully saturated rings. The number of benzene rings is 2. The first kappa shape index (κ1) is 28.8. The molecule has 4 aliphatic rings. The van der Waals surface area contributed by atoms with E-state index in [1.165, 1.54) is 32.4 Å². The molecule has 6 atom stereocenters. The molecule has 2 aliphatic carbocycles. The van der Waals surface area contributed by atoms with E-state index in [1.54, 1.807) is 36.4 Å². The Morgan fingerprint density at radius 1 is 1.00 bits per heavy atom. The zero-order chi connectivity index (χ0) is 30.3. The van der Waals surface area contributed by atoms with Crippen molar-refractivity contribution in [2.24, 2.45) is 17.8 Å². The Labute approximate surface area is 251 Å². The molecule has 1 saturated carbocycles. The van der Waals surface area contributed by atoms with Crippen molar-refractivity contribution in [1.82, 2.24) is 4.90 Å². The van der Waals surface area contributed by atoms with E-state index in [-0.39, 0.29) is 52.5 Å². The van der Waals surface area contributed by atoms with Crippen LogP contribution in [0.4, 0.5) is 0 Å². The number of piperidine rings is 1. The number of aliphatic hydroxyl groups is 1. The zero-order valence-electron chi connectivity index (χ0n) is 24.3. The van der Waals surface area contributed by atoms with Crippen molar-refractivity contribution in [3.63, 3.8) is 0 Å². The van der Waals surface area contributed by atoms with E-state index in [4.69, 9.17) is 9.47 Å². The van der Waals surface area contributed by atoms with Crippen molar-refractivity contribution >= 4 is 17.6 Å². The predicted molar refractivity (Wildman–Crippen MR) is 162 cm³/mol. The molecular weight excluding hydrogens is 546 g/mol. The number of fused-ring (bicyclic) bond motifs is 3. The number of carbonyl (C=O) groups excluding carboxylic acids is 2. The minimum atomic E-state index is -0.901. The summed E-state index contributed by atoms with van der Waals surface area (Å²) in [4.78, 5) is 31.1. The van der Waals surface area contributed by atoms with Gasteiger partial charge in [0.05, 0.1) is 19.8 Å². The van der Waals surface area contributed by atoms with E-state index >= 15 is 0 Å². The number of hydrogen-bond acceptors (Lipinski definition) is 8. The first-order valence-electron chi connectivity index (χ1n) is 14.8. The van der Waals surface area contributed by atoms with Gasteiger partial charge in [0.2, 0.25) is 0 Å². The van der Waals surface area contributed by atoms with Crippen LogP contribution in [0.1, 0.15) is 42.7 Å². The number of hydrogen-bond donors (Lipinski definition) is 3. The Hall–Kier alpha value is -4.30. The number of aromatic hydroxyl groups is 2. The number of phenolic OH excluding ortho intramolecular Hbond substituents is 2. The normalized spacial score (nSPS) is 30.1. The lowest BCUT2D eigenvalue weighted by molar-refractivity contribution is -0.130. The van der Waals surface area contributed by atoms with Gasteiger partial charge >= 0.3 is 0 Å². The minimum Gasteiger partial charge on any atom is -0.508 e. The second-order valence-corrected chi connectivity index (χ2v) is 11.9. The summed E-state index contributed by atoms with van der Waals surface area (Å²) in [5.41, 5.74) is 0.486. The Kier molecular flexibility index (Phi) is 7.65. The molecule has 2 aromatic carbocycles. The molecule has 1 spiro atoms. The molecule has 2 heterocycles. The number of Topliss-reactive ketones (excluding diaryl/α,β-unsaturated/α-hetero) is 1. The number of ketones is 2. The largest absolute Gasteiger partial charge is 0.508 e. The summed E-state index contributed by atoms with van der Waals surface area (Å²) in [6.45, 7) is 0.718. The van der Waals surface area contributed by atoms with Gasteiger partial charge in [0, 0.05) is 29.9 Å². The van der Waals surface area contributed by atoms with Crippen LogP contribution >= 0.6 is 0 Å². The molecule has 3 N–H and O–H groups in total. The Morgan fingerprint density at radius 2 is 1.79 bits per heavy atom. The summed E-state index contributed by atoms with van der Waals surface area (Å²) in [5, 5.41) is 31.4. The van der Waals surface area contributed by atoms with Gasteiger partial charge < -0.3 is 24.8 Å². The second-order valence-electron chi connectivity index (χ2n) is 11.9. The number of ether oxygens (including phenoxy) is 2. The Bertz CT molecular complexity index is 1560. The minimum absolute atomic E-state index is 0.0107. The number of allylic oxidation sites excluding steroid dienone is 6. The van der Waals surface area contributed by atoms with E-state index in [2.05, 4.69) is 11.0 Å². The summed E-state index contributed by atoms with van der Waals surface area (Å²) in [7, 11) is 2.95. The van der Waals surface area contributed by atoms with Crippen LogP contribution < -0.4 is 9.47 Å². The predicted octanol–water partition coefficient (Wildman–Crippen LogP) is 5.48. The summed E-state index contributed by atoms with van der Waals surface area (Å²) in [6.07, 6.45) is 15.6. The lowest BCUT2D eigenvalue weighted by atomic mass is 9.70. The van der Waals surface area contributed by atoms with Crippen LogP contribution in [0, 0.1) is 17.8 Å². The maximum absolute atomic E-state index is 14.5. The monoisotopic (exact) mass is 583 g/mol. The van der Waals surface area contributed by atoms with Gasteiger partial charge in [-0.3, -0.25) is 14.5 Å². The molecule has 0 radical (unpaired) electrons. The Morgan fingerprint density at radius 3 is 2.53 bits per heavy atom.